The molecule has 6 aromatic rings. The summed E-state index contributed by atoms with van der Waals surface area (Å²) >= 11 is 0. The zero-order valence-corrected chi connectivity index (χ0v) is 26.0. The highest BCUT2D eigenvalue weighted by Gasteiger charge is 2.16. The monoisotopic (exact) mass is 627 g/mol. The van der Waals surface area contributed by atoms with Crippen molar-refractivity contribution in [3.63, 3.8) is 0 Å². The number of anilines is 4. The second-order valence-corrected chi connectivity index (χ2v) is 11.1. The lowest BCUT2D eigenvalue weighted by Gasteiger charge is -2.14. The Kier molecular flexibility index (Phi) is 8.25. The van der Waals surface area contributed by atoms with Crippen LogP contribution >= 0.6 is 0 Å². The quantitative estimate of drug-likeness (QED) is 0.138. The number of nitrogens with one attached hydrogen (secondary N) is 3. The zero-order chi connectivity index (χ0) is 32.2. The molecule has 0 radical (unpaired) electrons. The minimum atomic E-state index is -0.380. The summed E-state index contributed by atoms with van der Waals surface area (Å²) in [5.74, 6) is 3.25. The molecule has 4 aromatic carbocycles. The third-order valence-electron chi connectivity index (χ3n) is 7.67. The molecule has 0 atom stereocenters. The summed E-state index contributed by atoms with van der Waals surface area (Å²) in [5.41, 5.74) is 4.33. The van der Waals surface area contributed by atoms with Crippen molar-refractivity contribution in [2.24, 2.45) is 0 Å². The maximum absolute atomic E-state index is 13.4. The van der Waals surface area contributed by atoms with E-state index < -0.39 is 0 Å². The molecule has 2 aromatic heterocycles. The number of carbonyl (C=O) groups is 1. The number of aromatic nitrogens is 4. The minimum Gasteiger partial charge on any atom is -0.454 e. The average Bonchev–Trinajstić information content (AvgIpc) is 3.72. The van der Waals surface area contributed by atoms with Gasteiger partial charge in [0.25, 0.3) is 0 Å². The summed E-state index contributed by atoms with van der Waals surface area (Å²) in [7, 11) is 0. The van der Waals surface area contributed by atoms with Crippen LogP contribution in [0.1, 0.15) is 31.0 Å². The van der Waals surface area contributed by atoms with Gasteiger partial charge in [-0.25, -0.2) is 14.5 Å². The van der Waals surface area contributed by atoms with Gasteiger partial charge in [0.2, 0.25) is 18.6 Å². The number of rotatable bonds is 10. The molecule has 0 bridgehead atoms. The van der Waals surface area contributed by atoms with Crippen LogP contribution in [-0.4, -0.2) is 32.6 Å². The van der Waals surface area contributed by atoms with Crippen LogP contribution in [-0.2, 0) is 6.42 Å². The summed E-state index contributed by atoms with van der Waals surface area (Å²) in [6, 6.07) is 28.1. The summed E-state index contributed by atoms with van der Waals surface area (Å²) in [5, 5.41) is 15.6. The van der Waals surface area contributed by atoms with Crippen molar-refractivity contribution in [1.29, 1.82) is 0 Å². The molecular weight excluding hydrogens is 594 g/mol. The molecule has 236 valence electrons. The number of benzene rings is 4. The molecule has 1 aliphatic rings. The zero-order valence-electron chi connectivity index (χ0n) is 26.0. The average molecular weight is 628 g/mol. The highest BCUT2D eigenvalue weighted by atomic mass is 16.7. The van der Waals surface area contributed by atoms with Crippen molar-refractivity contribution >= 4 is 39.9 Å². The number of nitrogens with zero attached hydrogens (tertiary/aromatic N) is 4. The second-order valence-electron chi connectivity index (χ2n) is 11.1. The lowest BCUT2D eigenvalue weighted by atomic mass is 10.1. The molecule has 2 amide bonds. The summed E-state index contributed by atoms with van der Waals surface area (Å²) < 4.78 is 18.9. The van der Waals surface area contributed by atoms with E-state index in [2.05, 4.69) is 32.8 Å². The van der Waals surface area contributed by atoms with Crippen LogP contribution in [0, 0.1) is 6.92 Å². The number of amides is 2. The van der Waals surface area contributed by atoms with Gasteiger partial charge in [0.05, 0.1) is 17.1 Å². The van der Waals surface area contributed by atoms with Crippen LogP contribution in [0.4, 0.5) is 27.9 Å². The number of fused-ring (bicyclic) bond motifs is 2. The molecule has 0 unspecified atom stereocenters. The maximum Gasteiger partial charge on any atom is 0.324 e. The smallest absolute Gasteiger partial charge is 0.324 e. The molecule has 0 fully saturated rings. The molecule has 1 aliphatic heterocycles. The van der Waals surface area contributed by atoms with E-state index in [1.807, 2.05) is 91.9 Å². The summed E-state index contributed by atoms with van der Waals surface area (Å²) in [6.07, 6.45) is 4.53. The molecule has 3 N–H and O–H groups in total. The van der Waals surface area contributed by atoms with Crippen molar-refractivity contribution in [2.45, 2.75) is 33.1 Å². The Morgan fingerprint density at radius 1 is 0.915 bits per heavy atom. The largest absolute Gasteiger partial charge is 0.454 e. The standard InChI is InChI=1S/C36H33N7O4/c1-3-4-7-25-21-33(43(42-25)26-13-10-23(2)11-14-26)40-36(44)39-29-15-17-30(28-9-6-5-8-27(28)29)47-34-18-19-37-35(41-34)38-24-12-16-31-32(20-24)46-22-45-31/h5-6,8-21H,3-4,7,22H2,1-2H3,(H,37,38,41)(H2,39,40,44). The number of hydrogen-bond donors (Lipinski definition) is 3. The van der Waals surface area contributed by atoms with Crippen LogP contribution < -0.4 is 30.2 Å². The molecular formula is C36H33N7O4. The number of urea groups is 1. The van der Waals surface area contributed by atoms with Gasteiger partial charge in [-0.3, -0.25) is 5.32 Å². The van der Waals surface area contributed by atoms with E-state index >= 15 is 0 Å². The van der Waals surface area contributed by atoms with Crippen LogP contribution in [0.5, 0.6) is 23.1 Å². The van der Waals surface area contributed by atoms with Gasteiger partial charge < -0.3 is 24.8 Å². The van der Waals surface area contributed by atoms with E-state index in [1.165, 1.54) is 0 Å². The lowest BCUT2D eigenvalue weighted by molar-refractivity contribution is 0.174. The van der Waals surface area contributed by atoms with E-state index in [9.17, 15) is 4.79 Å². The molecule has 0 aliphatic carbocycles. The third-order valence-corrected chi connectivity index (χ3v) is 7.67. The fourth-order valence-corrected chi connectivity index (χ4v) is 5.30. The van der Waals surface area contributed by atoms with Gasteiger partial charge in [0.15, 0.2) is 11.5 Å². The second kappa shape index (κ2) is 13.1. The molecule has 7 rings (SSSR count). The number of carbonyl (C=O) groups excluding carboxylic acids is 1. The van der Waals surface area contributed by atoms with Crippen molar-refractivity contribution in [3.05, 3.63) is 108 Å². The van der Waals surface area contributed by atoms with Crippen LogP contribution in [0.2, 0.25) is 0 Å². The fourth-order valence-electron chi connectivity index (χ4n) is 5.30. The van der Waals surface area contributed by atoms with Gasteiger partial charge in [-0.05, 0) is 56.2 Å². The van der Waals surface area contributed by atoms with E-state index in [4.69, 9.17) is 19.3 Å². The summed E-state index contributed by atoms with van der Waals surface area (Å²) in [6.45, 7) is 4.39. The van der Waals surface area contributed by atoms with E-state index in [1.54, 1.807) is 16.9 Å². The first-order chi connectivity index (χ1) is 23.0. The first-order valence-corrected chi connectivity index (χ1v) is 15.5. The van der Waals surface area contributed by atoms with Crippen molar-refractivity contribution in [2.75, 3.05) is 22.7 Å². The van der Waals surface area contributed by atoms with E-state index in [0.717, 1.165) is 52.7 Å². The Morgan fingerprint density at radius 3 is 2.60 bits per heavy atom. The number of ether oxygens (including phenoxy) is 3. The van der Waals surface area contributed by atoms with Gasteiger partial charge in [-0.2, -0.15) is 10.1 Å². The minimum absolute atomic E-state index is 0.200. The van der Waals surface area contributed by atoms with Crippen molar-refractivity contribution in [3.8, 4) is 28.8 Å². The summed E-state index contributed by atoms with van der Waals surface area (Å²) in [4.78, 5) is 22.2. The van der Waals surface area contributed by atoms with Gasteiger partial charge in [-0.1, -0.05) is 55.3 Å². The third kappa shape index (κ3) is 6.64. The predicted octanol–water partition coefficient (Wildman–Crippen LogP) is 8.38. The van der Waals surface area contributed by atoms with E-state index in [-0.39, 0.29) is 12.8 Å². The van der Waals surface area contributed by atoms with E-state index in [0.29, 0.717) is 40.6 Å². The Balaban J connectivity index is 1.09. The number of hydrogen-bond acceptors (Lipinski definition) is 8. The highest BCUT2D eigenvalue weighted by molar-refractivity contribution is 6.07. The Labute approximate surface area is 271 Å². The topological polar surface area (TPSA) is 124 Å². The van der Waals surface area contributed by atoms with Gasteiger partial charge in [0, 0.05) is 40.9 Å². The first kappa shape index (κ1) is 29.6. The number of aryl methyl sites for hydroxylation is 2. The molecule has 0 saturated heterocycles. The lowest BCUT2D eigenvalue weighted by Crippen LogP contribution is -2.21. The van der Waals surface area contributed by atoms with Crippen LogP contribution in [0.15, 0.2) is 97.2 Å². The molecule has 11 nitrogen and oxygen atoms in total. The first-order valence-electron chi connectivity index (χ1n) is 15.5. The van der Waals surface area contributed by atoms with Gasteiger partial charge >= 0.3 is 6.03 Å². The van der Waals surface area contributed by atoms with Crippen LogP contribution in [0.3, 0.4) is 0 Å². The molecule has 0 spiro atoms. The molecule has 47 heavy (non-hydrogen) atoms. The predicted molar refractivity (Wildman–Crippen MR) is 181 cm³/mol. The normalized spacial score (nSPS) is 11.8. The maximum atomic E-state index is 13.4. The SMILES string of the molecule is CCCCc1cc(NC(=O)Nc2ccc(Oc3ccnc(Nc4ccc5c(c4)OCO5)n3)c3ccccc23)n(-c2ccc(C)cc2)n1. The Morgan fingerprint density at radius 2 is 1.74 bits per heavy atom. The molecule has 3 heterocycles. The van der Waals surface area contributed by atoms with Crippen molar-refractivity contribution in [1.82, 2.24) is 19.7 Å². The van der Waals surface area contributed by atoms with Gasteiger partial charge in [-0.15, -0.1) is 0 Å². The molecule has 0 saturated carbocycles. The molecule has 11 heteroatoms. The van der Waals surface area contributed by atoms with Crippen molar-refractivity contribution < 1.29 is 19.0 Å². The number of unbranched alkanes of at least 4 members (excludes halogenated alkanes) is 1. The van der Waals surface area contributed by atoms with Crippen LogP contribution in [0.25, 0.3) is 16.5 Å². The van der Waals surface area contributed by atoms with Gasteiger partial charge in [0.1, 0.15) is 11.6 Å². The Hall–Kier alpha value is -6.10. The highest BCUT2D eigenvalue weighted by Crippen LogP contribution is 2.36. The fraction of sp³-hybridized carbons (Fsp3) is 0.167. The Bertz CT molecular complexity index is 2060.